The van der Waals surface area contributed by atoms with Gasteiger partial charge in [-0.15, -0.1) is 0 Å². The van der Waals surface area contributed by atoms with Gasteiger partial charge in [0.15, 0.2) is 0 Å². The molecule has 2 aromatic carbocycles. The summed E-state index contributed by atoms with van der Waals surface area (Å²) in [6.45, 7) is 2.04. The van der Waals surface area contributed by atoms with Gasteiger partial charge in [0.1, 0.15) is 0 Å². The molecular weight excluding hydrogens is 452 g/mol. The zero-order chi connectivity index (χ0) is 25.1. The Labute approximate surface area is 213 Å². The molecule has 0 radical (unpaired) electrons. The molecule has 0 bridgehead atoms. The van der Waals surface area contributed by atoms with Crippen LogP contribution in [0.3, 0.4) is 0 Å². The van der Waals surface area contributed by atoms with Crippen LogP contribution in [0, 0.1) is 23.0 Å². The summed E-state index contributed by atoms with van der Waals surface area (Å²) in [5.41, 5.74) is 4.58. The van der Waals surface area contributed by atoms with Gasteiger partial charge in [-0.1, -0.05) is 63.5 Å². The third-order valence-corrected chi connectivity index (χ3v) is 8.00. The van der Waals surface area contributed by atoms with Crippen molar-refractivity contribution < 1.29 is 9.72 Å². The number of hydrogen-bond donors (Lipinski definition) is 0. The molecule has 5 rings (SSSR count). The van der Waals surface area contributed by atoms with Crippen molar-refractivity contribution in [1.29, 1.82) is 0 Å². The number of hydrazone groups is 1. The molecule has 190 valence electrons. The minimum atomic E-state index is -0.406. The van der Waals surface area contributed by atoms with E-state index in [1.54, 1.807) is 22.0 Å². The normalized spacial score (nSPS) is 20.2. The van der Waals surface area contributed by atoms with Crippen molar-refractivity contribution in [3.63, 3.8) is 0 Å². The molecule has 0 spiro atoms. The van der Waals surface area contributed by atoms with Crippen molar-refractivity contribution in [1.82, 2.24) is 5.01 Å². The number of fused-ring (bicyclic) bond motifs is 1. The Bertz CT molecular complexity index is 1130. The predicted octanol–water partition coefficient (Wildman–Crippen LogP) is 7.87. The maximum atomic E-state index is 14.4. The van der Waals surface area contributed by atoms with Crippen molar-refractivity contribution >= 4 is 28.8 Å². The third kappa shape index (κ3) is 5.01. The van der Waals surface area contributed by atoms with E-state index < -0.39 is 4.92 Å². The number of nitro groups is 1. The van der Waals surface area contributed by atoms with Crippen LogP contribution >= 0.6 is 0 Å². The van der Waals surface area contributed by atoms with Gasteiger partial charge < -0.3 is 0 Å². The van der Waals surface area contributed by atoms with Gasteiger partial charge in [0, 0.05) is 23.6 Å². The Morgan fingerprint density at radius 3 is 2.14 bits per heavy atom. The topological polar surface area (TPSA) is 79.0 Å². The van der Waals surface area contributed by atoms with E-state index in [1.807, 2.05) is 6.92 Å². The van der Waals surface area contributed by atoms with Gasteiger partial charge in [-0.25, -0.2) is 9.80 Å². The van der Waals surface area contributed by atoms with E-state index in [4.69, 9.17) is 5.10 Å². The van der Waals surface area contributed by atoms with E-state index in [2.05, 4.69) is 18.2 Å². The molecule has 2 aliphatic carbocycles. The predicted molar refractivity (Wildman–Crippen MR) is 143 cm³/mol. The second-order valence-corrected chi connectivity index (χ2v) is 10.6. The summed E-state index contributed by atoms with van der Waals surface area (Å²) in [4.78, 5) is 27.0. The third-order valence-electron chi connectivity index (χ3n) is 8.00. The molecule has 0 saturated heterocycles. The number of aryl methyl sites for hydroxylation is 1. The van der Waals surface area contributed by atoms with E-state index in [0.29, 0.717) is 11.6 Å². The summed E-state index contributed by atoms with van der Waals surface area (Å²) in [5, 5.41) is 18.3. The summed E-state index contributed by atoms with van der Waals surface area (Å²) in [5.74, 6) is 0.334. The van der Waals surface area contributed by atoms with Crippen LogP contribution in [0.5, 0.6) is 0 Å². The lowest BCUT2D eigenvalue weighted by Crippen LogP contribution is -2.43. The fraction of sp³-hybridized carbons (Fsp3) is 0.517. The van der Waals surface area contributed by atoms with Crippen LogP contribution in [0.1, 0.15) is 88.2 Å². The van der Waals surface area contributed by atoms with Crippen molar-refractivity contribution in [2.75, 3.05) is 4.90 Å². The van der Waals surface area contributed by atoms with Gasteiger partial charge in [-0.05, 0) is 56.4 Å². The number of nitro benzene ring substituents is 1. The van der Waals surface area contributed by atoms with Gasteiger partial charge in [0.2, 0.25) is 0 Å². The first-order valence-corrected chi connectivity index (χ1v) is 13.6. The van der Waals surface area contributed by atoms with Crippen LogP contribution in [0.4, 0.5) is 21.9 Å². The van der Waals surface area contributed by atoms with Gasteiger partial charge in [0.25, 0.3) is 5.69 Å². The average molecular weight is 489 g/mol. The minimum Gasteiger partial charge on any atom is -0.261 e. The maximum absolute atomic E-state index is 14.4. The molecule has 36 heavy (non-hydrogen) atoms. The zero-order valence-electron chi connectivity index (χ0n) is 21.2. The highest BCUT2D eigenvalue weighted by molar-refractivity contribution is 6.14. The fourth-order valence-electron chi connectivity index (χ4n) is 6.03. The molecule has 1 aliphatic heterocycles. The second-order valence-electron chi connectivity index (χ2n) is 10.6. The van der Waals surface area contributed by atoms with Crippen LogP contribution in [0.2, 0.25) is 0 Å². The molecule has 0 N–H and O–H groups in total. The maximum Gasteiger partial charge on any atom is 0.349 e. The van der Waals surface area contributed by atoms with E-state index in [-0.39, 0.29) is 17.8 Å². The zero-order valence-corrected chi connectivity index (χ0v) is 21.2. The molecule has 3 aliphatic rings. The lowest BCUT2D eigenvalue weighted by Gasteiger charge is -2.33. The number of nitrogens with zero attached hydrogens (tertiary/aromatic N) is 4. The lowest BCUT2D eigenvalue weighted by molar-refractivity contribution is -0.384. The van der Waals surface area contributed by atoms with Crippen LogP contribution in [0.25, 0.3) is 0 Å². The molecule has 0 unspecified atom stereocenters. The van der Waals surface area contributed by atoms with Crippen LogP contribution in [-0.2, 0) is 0 Å². The standard InChI is InChI=1S/C29H36N4O3/c1-21-14-19-26-27(20-21)31(23-15-17-25(18-16-23)33(35)36)29(34)32(24-12-8-3-2-4-9-13-24)30-28(26)22-10-6-5-7-11-22/h14-20,22,24H,2-13H2,1H3. The lowest BCUT2D eigenvalue weighted by atomic mass is 9.82. The summed E-state index contributed by atoms with van der Waals surface area (Å²) in [6, 6.07) is 12.5. The van der Waals surface area contributed by atoms with Crippen molar-refractivity contribution in [2.24, 2.45) is 11.0 Å². The van der Waals surface area contributed by atoms with Crippen LogP contribution < -0.4 is 4.90 Å². The first-order valence-electron chi connectivity index (χ1n) is 13.6. The fourth-order valence-corrected chi connectivity index (χ4v) is 6.03. The van der Waals surface area contributed by atoms with Gasteiger partial charge in [-0.3, -0.25) is 15.0 Å². The number of carbonyl (C=O) groups is 1. The Morgan fingerprint density at radius 2 is 1.47 bits per heavy atom. The Hall–Kier alpha value is -3.22. The Kier molecular flexibility index (Phi) is 7.35. The molecular formula is C29H36N4O3. The Morgan fingerprint density at radius 1 is 0.861 bits per heavy atom. The number of carbonyl (C=O) groups excluding carboxylic acids is 1. The minimum absolute atomic E-state index is 0.0153. The first kappa shape index (κ1) is 24.5. The van der Waals surface area contributed by atoms with Gasteiger partial charge in [0.05, 0.1) is 28.1 Å². The summed E-state index contributed by atoms with van der Waals surface area (Å²) >= 11 is 0. The number of rotatable bonds is 4. The molecule has 2 saturated carbocycles. The van der Waals surface area contributed by atoms with Crippen molar-refractivity contribution in [2.45, 2.75) is 90.0 Å². The summed E-state index contributed by atoms with van der Waals surface area (Å²) in [6.07, 6.45) is 13.6. The highest BCUT2D eigenvalue weighted by Gasteiger charge is 2.37. The van der Waals surface area contributed by atoms with Crippen molar-refractivity contribution in [3.8, 4) is 0 Å². The summed E-state index contributed by atoms with van der Waals surface area (Å²) < 4.78 is 0. The molecule has 2 fully saturated rings. The van der Waals surface area contributed by atoms with E-state index in [9.17, 15) is 14.9 Å². The Balaban J connectivity index is 1.65. The van der Waals surface area contributed by atoms with Crippen molar-refractivity contribution in [3.05, 3.63) is 63.7 Å². The molecule has 2 amide bonds. The highest BCUT2D eigenvalue weighted by atomic mass is 16.6. The molecule has 0 atom stereocenters. The van der Waals surface area contributed by atoms with E-state index >= 15 is 0 Å². The molecule has 2 aromatic rings. The number of urea groups is 1. The number of amides is 2. The smallest absolute Gasteiger partial charge is 0.261 e. The average Bonchev–Trinajstić information content (AvgIpc) is 2.98. The summed E-state index contributed by atoms with van der Waals surface area (Å²) in [7, 11) is 0. The number of anilines is 2. The number of hydrogen-bond acceptors (Lipinski definition) is 4. The molecule has 7 heteroatoms. The molecule has 7 nitrogen and oxygen atoms in total. The largest absolute Gasteiger partial charge is 0.349 e. The van der Waals surface area contributed by atoms with Gasteiger partial charge >= 0.3 is 6.03 Å². The van der Waals surface area contributed by atoms with E-state index in [0.717, 1.165) is 61.1 Å². The van der Waals surface area contributed by atoms with Gasteiger partial charge in [-0.2, -0.15) is 5.10 Å². The SMILES string of the molecule is Cc1ccc2c(c1)N(c1ccc([N+](=O)[O-])cc1)C(=O)N(C1CCCCCCC1)N=C2C1CCCCC1. The number of benzene rings is 2. The molecule has 0 aromatic heterocycles. The molecule has 1 heterocycles. The second kappa shape index (κ2) is 10.8. The van der Waals surface area contributed by atoms with Crippen LogP contribution in [-0.4, -0.2) is 27.7 Å². The highest BCUT2D eigenvalue weighted by Crippen LogP contribution is 2.39. The van der Waals surface area contributed by atoms with E-state index in [1.165, 1.54) is 50.7 Å². The quantitative estimate of drug-likeness (QED) is 0.324. The number of non-ortho nitro benzene ring substituents is 1. The first-order chi connectivity index (χ1) is 17.5. The monoisotopic (exact) mass is 488 g/mol. The van der Waals surface area contributed by atoms with Crippen LogP contribution in [0.15, 0.2) is 47.6 Å².